The van der Waals surface area contributed by atoms with Crippen molar-refractivity contribution in [1.29, 1.82) is 0 Å². The summed E-state index contributed by atoms with van der Waals surface area (Å²) in [5.74, 6) is -0.587. The fourth-order valence-corrected chi connectivity index (χ4v) is 5.29. The van der Waals surface area contributed by atoms with E-state index in [0.717, 1.165) is 11.1 Å². The number of hydrogen-bond donors (Lipinski definition) is 1. The third-order valence-corrected chi connectivity index (χ3v) is 7.22. The van der Waals surface area contributed by atoms with Gasteiger partial charge in [0.1, 0.15) is 0 Å². The van der Waals surface area contributed by atoms with E-state index in [1.54, 1.807) is 79.7 Å². The lowest BCUT2D eigenvalue weighted by atomic mass is 10.1. The smallest absolute Gasteiger partial charge is 0.310 e. The zero-order valence-electron chi connectivity index (χ0n) is 18.2. The summed E-state index contributed by atoms with van der Waals surface area (Å²) in [6.07, 6.45) is 0.709. The van der Waals surface area contributed by atoms with Crippen LogP contribution in [0.15, 0.2) is 77.7 Å². The average Bonchev–Trinajstić information content (AvgIpc) is 3.25. The summed E-state index contributed by atoms with van der Waals surface area (Å²) in [4.78, 5) is 24.6. The molecule has 1 heterocycles. The molecule has 33 heavy (non-hydrogen) atoms. The van der Waals surface area contributed by atoms with Crippen molar-refractivity contribution >= 4 is 33.3 Å². The van der Waals surface area contributed by atoms with Gasteiger partial charge >= 0.3 is 5.97 Å². The number of carbonyl (C=O) groups is 2. The Bertz CT molecular complexity index is 1270. The van der Waals surface area contributed by atoms with Crippen molar-refractivity contribution in [2.75, 3.05) is 22.8 Å². The number of amides is 1. The van der Waals surface area contributed by atoms with E-state index in [0.29, 0.717) is 36.5 Å². The number of carbonyl (C=O) groups excluding carboxylic acids is 2. The molecule has 0 unspecified atom stereocenters. The maximum Gasteiger partial charge on any atom is 0.310 e. The molecule has 0 atom stereocenters. The van der Waals surface area contributed by atoms with E-state index in [2.05, 4.69) is 5.32 Å². The van der Waals surface area contributed by atoms with Gasteiger partial charge in [-0.2, -0.15) is 0 Å². The van der Waals surface area contributed by atoms with E-state index in [9.17, 15) is 18.0 Å². The summed E-state index contributed by atoms with van der Waals surface area (Å²) >= 11 is 0. The molecule has 0 bridgehead atoms. The van der Waals surface area contributed by atoms with Crippen LogP contribution in [-0.4, -0.2) is 33.4 Å². The molecular formula is C25H24N2O5S. The third kappa shape index (κ3) is 4.90. The summed E-state index contributed by atoms with van der Waals surface area (Å²) in [7, 11) is -3.65. The van der Waals surface area contributed by atoms with Gasteiger partial charge in [0, 0.05) is 17.8 Å². The number of sulfonamides is 1. The maximum atomic E-state index is 13.0. The number of rotatable bonds is 7. The lowest BCUT2D eigenvalue weighted by Gasteiger charge is -2.19. The maximum absolute atomic E-state index is 13.0. The quantitative estimate of drug-likeness (QED) is 0.537. The second-order valence-corrected chi connectivity index (χ2v) is 9.48. The van der Waals surface area contributed by atoms with Crippen LogP contribution < -0.4 is 9.62 Å². The standard InChI is InChI=1S/C25H24N2O5S/c1-2-32-24(28)16-18-8-11-21(12-9-18)26-25(29)20-10-13-23-19(17-20)14-15-27(23)33(30,31)22-6-4-3-5-7-22/h3-13,17H,2,14-16H2,1H3,(H,26,29). The van der Waals surface area contributed by atoms with Crippen molar-refractivity contribution in [3.63, 3.8) is 0 Å². The van der Waals surface area contributed by atoms with Gasteiger partial charge in [-0.15, -0.1) is 0 Å². The highest BCUT2D eigenvalue weighted by atomic mass is 32.2. The summed E-state index contributed by atoms with van der Waals surface area (Å²) in [5, 5.41) is 2.84. The highest BCUT2D eigenvalue weighted by Gasteiger charge is 2.31. The van der Waals surface area contributed by atoms with Gasteiger partial charge < -0.3 is 10.1 Å². The molecule has 0 radical (unpaired) electrons. The molecule has 1 aliphatic rings. The number of benzene rings is 3. The largest absolute Gasteiger partial charge is 0.466 e. The predicted molar refractivity (Wildman–Crippen MR) is 126 cm³/mol. The number of fused-ring (bicyclic) bond motifs is 1. The van der Waals surface area contributed by atoms with Crippen LogP contribution in [0.2, 0.25) is 0 Å². The molecule has 0 saturated carbocycles. The summed E-state index contributed by atoms with van der Waals surface area (Å²) in [6.45, 7) is 2.43. The van der Waals surface area contributed by atoms with Crippen LogP contribution in [0.25, 0.3) is 0 Å². The fraction of sp³-hybridized carbons (Fsp3) is 0.200. The lowest BCUT2D eigenvalue weighted by molar-refractivity contribution is -0.142. The van der Waals surface area contributed by atoms with Crippen LogP contribution in [0.3, 0.4) is 0 Å². The SMILES string of the molecule is CCOC(=O)Cc1ccc(NC(=O)c2ccc3c(c2)CCN3S(=O)(=O)c2ccccc2)cc1. The van der Waals surface area contributed by atoms with Gasteiger partial charge in [0.2, 0.25) is 0 Å². The van der Waals surface area contributed by atoms with E-state index >= 15 is 0 Å². The van der Waals surface area contributed by atoms with Crippen LogP contribution in [0.5, 0.6) is 0 Å². The zero-order valence-corrected chi connectivity index (χ0v) is 19.0. The van der Waals surface area contributed by atoms with Crippen LogP contribution in [0, 0.1) is 0 Å². The van der Waals surface area contributed by atoms with E-state index in [1.807, 2.05) is 0 Å². The molecule has 3 aromatic carbocycles. The molecule has 0 aromatic heterocycles. The van der Waals surface area contributed by atoms with Crippen LogP contribution in [-0.2, 0) is 32.4 Å². The molecule has 3 aromatic rings. The Morgan fingerprint density at radius 3 is 2.42 bits per heavy atom. The van der Waals surface area contributed by atoms with Crippen molar-refractivity contribution in [3.05, 3.63) is 89.5 Å². The average molecular weight is 465 g/mol. The van der Waals surface area contributed by atoms with Gasteiger partial charge in [0.25, 0.3) is 15.9 Å². The van der Waals surface area contributed by atoms with E-state index < -0.39 is 10.0 Å². The molecule has 0 aliphatic carbocycles. The first kappa shape index (κ1) is 22.5. The fourth-order valence-electron chi connectivity index (χ4n) is 3.77. The van der Waals surface area contributed by atoms with Crippen molar-refractivity contribution in [3.8, 4) is 0 Å². The van der Waals surface area contributed by atoms with E-state index in [-0.39, 0.29) is 23.2 Å². The number of esters is 1. The molecule has 1 aliphatic heterocycles. The number of ether oxygens (including phenoxy) is 1. The summed E-state index contributed by atoms with van der Waals surface area (Å²) in [6, 6.07) is 20.4. The Balaban J connectivity index is 1.46. The second kappa shape index (κ2) is 9.46. The Hall–Kier alpha value is -3.65. The highest BCUT2D eigenvalue weighted by Crippen LogP contribution is 2.33. The summed E-state index contributed by atoms with van der Waals surface area (Å²) < 4.78 is 32.3. The molecule has 7 nitrogen and oxygen atoms in total. The van der Waals surface area contributed by atoms with Gasteiger partial charge in [-0.1, -0.05) is 30.3 Å². The molecule has 4 rings (SSSR count). The van der Waals surface area contributed by atoms with Gasteiger partial charge in [0.15, 0.2) is 0 Å². The van der Waals surface area contributed by atoms with Crippen LogP contribution in [0.1, 0.15) is 28.4 Å². The Morgan fingerprint density at radius 1 is 1.00 bits per heavy atom. The van der Waals surface area contributed by atoms with Crippen LogP contribution in [0.4, 0.5) is 11.4 Å². The molecule has 0 fully saturated rings. The van der Waals surface area contributed by atoms with Crippen molar-refractivity contribution in [2.24, 2.45) is 0 Å². The van der Waals surface area contributed by atoms with E-state index in [1.165, 1.54) is 4.31 Å². The van der Waals surface area contributed by atoms with E-state index in [4.69, 9.17) is 4.74 Å². The minimum absolute atomic E-state index is 0.176. The van der Waals surface area contributed by atoms with Gasteiger partial charge in [-0.3, -0.25) is 13.9 Å². The van der Waals surface area contributed by atoms with Crippen LogP contribution >= 0.6 is 0 Å². The van der Waals surface area contributed by atoms with Gasteiger partial charge in [0.05, 0.1) is 23.6 Å². The topological polar surface area (TPSA) is 92.8 Å². The third-order valence-electron chi connectivity index (χ3n) is 5.39. The zero-order chi connectivity index (χ0) is 23.4. The molecule has 1 N–H and O–H groups in total. The van der Waals surface area contributed by atoms with Crippen molar-refractivity contribution < 1.29 is 22.7 Å². The minimum Gasteiger partial charge on any atom is -0.466 e. The Morgan fingerprint density at radius 2 is 1.73 bits per heavy atom. The molecule has 1 amide bonds. The summed E-state index contributed by atoms with van der Waals surface area (Å²) in [5.41, 5.74) is 3.25. The molecule has 8 heteroatoms. The predicted octanol–water partition coefficient (Wildman–Crippen LogP) is 3.80. The normalized spacial score (nSPS) is 12.8. The number of nitrogens with one attached hydrogen (secondary N) is 1. The molecular weight excluding hydrogens is 440 g/mol. The molecule has 0 saturated heterocycles. The Kier molecular flexibility index (Phi) is 6.46. The van der Waals surface area contributed by atoms with Gasteiger partial charge in [-0.05, 0) is 66.9 Å². The first-order chi connectivity index (χ1) is 15.9. The van der Waals surface area contributed by atoms with Crippen molar-refractivity contribution in [1.82, 2.24) is 0 Å². The lowest BCUT2D eigenvalue weighted by Crippen LogP contribution is -2.29. The highest BCUT2D eigenvalue weighted by molar-refractivity contribution is 7.92. The molecule has 170 valence electrons. The number of hydrogen-bond acceptors (Lipinski definition) is 5. The first-order valence-electron chi connectivity index (χ1n) is 10.6. The number of nitrogens with zero attached hydrogens (tertiary/aromatic N) is 1. The minimum atomic E-state index is -3.65. The second-order valence-electron chi connectivity index (χ2n) is 7.62. The Labute approximate surface area is 193 Å². The number of anilines is 2. The van der Waals surface area contributed by atoms with Gasteiger partial charge in [-0.25, -0.2) is 8.42 Å². The first-order valence-corrected chi connectivity index (χ1v) is 12.1. The molecule has 0 spiro atoms. The van der Waals surface area contributed by atoms with Crippen molar-refractivity contribution in [2.45, 2.75) is 24.7 Å². The monoisotopic (exact) mass is 464 g/mol.